The molecule has 0 N–H and O–H groups in total. The van der Waals surface area contributed by atoms with Crippen LogP contribution in [0.4, 0.5) is 0 Å². The SMILES string of the molecule is C=C1C=CC(=O)C(CC(=O)CC)=C1. The molecule has 0 radical (unpaired) electrons. The van der Waals surface area contributed by atoms with Gasteiger partial charge in [0, 0.05) is 18.4 Å². The van der Waals surface area contributed by atoms with E-state index in [4.69, 9.17) is 0 Å². The minimum absolute atomic E-state index is 0.0748. The number of carbonyl (C=O) groups is 2. The van der Waals surface area contributed by atoms with Crippen LogP contribution < -0.4 is 0 Å². The molecule has 0 saturated heterocycles. The van der Waals surface area contributed by atoms with Gasteiger partial charge in [0.15, 0.2) is 5.78 Å². The van der Waals surface area contributed by atoms with Crippen LogP contribution in [-0.4, -0.2) is 11.6 Å². The van der Waals surface area contributed by atoms with Gasteiger partial charge < -0.3 is 0 Å². The molecule has 2 nitrogen and oxygen atoms in total. The van der Waals surface area contributed by atoms with Crippen LogP contribution in [0.2, 0.25) is 0 Å². The van der Waals surface area contributed by atoms with E-state index in [9.17, 15) is 9.59 Å². The van der Waals surface area contributed by atoms with Gasteiger partial charge in [-0.2, -0.15) is 0 Å². The number of hydrogen-bond acceptors (Lipinski definition) is 2. The topological polar surface area (TPSA) is 34.1 Å². The zero-order chi connectivity index (χ0) is 9.84. The van der Waals surface area contributed by atoms with Gasteiger partial charge in [-0.05, 0) is 17.7 Å². The Morgan fingerprint density at radius 1 is 1.46 bits per heavy atom. The third kappa shape index (κ3) is 2.51. The summed E-state index contributed by atoms with van der Waals surface area (Å²) in [5.74, 6) is 0.0110. The maximum Gasteiger partial charge on any atom is 0.182 e. The molecular formula is C11H12O2. The highest BCUT2D eigenvalue weighted by Gasteiger charge is 2.13. The number of rotatable bonds is 3. The van der Waals surface area contributed by atoms with E-state index < -0.39 is 0 Å². The van der Waals surface area contributed by atoms with Crippen LogP contribution in [0.3, 0.4) is 0 Å². The van der Waals surface area contributed by atoms with E-state index in [-0.39, 0.29) is 18.0 Å². The van der Waals surface area contributed by atoms with Gasteiger partial charge in [0.25, 0.3) is 0 Å². The summed E-state index contributed by atoms with van der Waals surface area (Å²) in [5, 5.41) is 0. The predicted molar refractivity (Wildman–Crippen MR) is 51.3 cm³/mol. The lowest BCUT2D eigenvalue weighted by Crippen LogP contribution is -2.08. The zero-order valence-electron chi connectivity index (χ0n) is 7.67. The van der Waals surface area contributed by atoms with Crippen molar-refractivity contribution >= 4 is 11.6 Å². The molecule has 0 heterocycles. The molecule has 0 aromatic carbocycles. The van der Waals surface area contributed by atoms with Crippen LogP contribution in [0.25, 0.3) is 0 Å². The molecule has 2 heteroatoms. The molecule has 1 aliphatic carbocycles. The summed E-state index contributed by atoms with van der Waals surface area (Å²) in [6, 6.07) is 0. The first-order valence-electron chi connectivity index (χ1n) is 4.27. The second kappa shape index (κ2) is 3.99. The first-order chi connectivity index (χ1) is 6.13. The van der Waals surface area contributed by atoms with E-state index >= 15 is 0 Å². The molecule has 0 amide bonds. The highest BCUT2D eigenvalue weighted by Crippen LogP contribution is 2.15. The van der Waals surface area contributed by atoms with Gasteiger partial charge >= 0.3 is 0 Å². The van der Waals surface area contributed by atoms with Crippen LogP contribution in [0.15, 0.2) is 36.0 Å². The lowest BCUT2D eigenvalue weighted by molar-refractivity contribution is -0.119. The van der Waals surface area contributed by atoms with Crippen LogP contribution in [0.1, 0.15) is 19.8 Å². The van der Waals surface area contributed by atoms with Gasteiger partial charge in [0.1, 0.15) is 5.78 Å². The van der Waals surface area contributed by atoms with Gasteiger partial charge in [-0.3, -0.25) is 9.59 Å². The molecule has 0 unspecified atom stereocenters. The van der Waals surface area contributed by atoms with Crippen molar-refractivity contribution in [3.8, 4) is 0 Å². The number of Topliss-reactive ketones (excluding diaryl/α,β-unsaturated/α-hetero) is 1. The Labute approximate surface area is 77.6 Å². The first-order valence-corrected chi connectivity index (χ1v) is 4.27. The van der Waals surface area contributed by atoms with Crippen LogP contribution in [0.5, 0.6) is 0 Å². The van der Waals surface area contributed by atoms with Crippen LogP contribution >= 0.6 is 0 Å². The highest BCUT2D eigenvalue weighted by atomic mass is 16.1. The summed E-state index contributed by atoms with van der Waals surface area (Å²) in [5.41, 5.74) is 1.33. The Bertz CT molecular complexity index is 319. The van der Waals surface area contributed by atoms with Crippen molar-refractivity contribution < 1.29 is 9.59 Å². The van der Waals surface area contributed by atoms with Crippen LogP contribution in [-0.2, 0) is 9.59 Å². The van der Waals surface area contributed by atoms with Crippen molar-refractivity contribution in [3.05, 3.63) is 36.0 Å². The molecular weight excluding hydrogens is 164 g/mol. The molecule has 1 rings (SSSR count). The van der Waals surface area contributed by atoms with Crippen molar-refractivity contribution in [2.75, 3.05) is 0 Å². The van der Waals surface area contributed by atoms with Crippen LogP contribution in [0, 0.1) is 0 Å². The third-order valence-corrected chi connectivity index (χ3v) is 1.91. The average molecular weight is 176 g/mol. The van der Waals surface area contributed by atoms with Gasteiger partial charge in [0.05, 0.1) is 0 Å². The molecule has 0 fully saturated rings. The van der Waals surface area contributed by atoms with Crippen molar-refractivity contribution in [1.29, 1.82) is 0 Å². The maximum atomic E-state index is 11.2. The van der Waals surface area contributed by atoms with E-state index in [0.29, 0.717) is 12.0 Å². The van der Waals surface area contributed by atoms with Gasteiger partial charge in [0.2, 0.25) is 0 Å². The summed E-state index contributed by atoms with van der Waals surface area (Å²) in [7, 11) is 0. The Hall–Kier alpha value is -1.44. The van der Waals surface area contributed by atoms with Crippen molar-refractivity contribution in [1.82, 2.24) is 0 Å². The van der Waals surface area contributed by atoms with E-state index in [0.717, 1.165) is 5.57 Å². The fourth-order valence-corrected chi connectivity index (χ4v) is 1.11. The summed E-state index contributed by atoms with van der Waals surface area (Å²) < 4.78 is 0. The lowest BCUT2D eigenvalue weighted by Gasteiger charge is -2.06. The molecule has 0 bridgehead atoms. The van der Waals surface area contributed by atoms with E-state index in [2.05, 4.69) is 6.58 Å². The lowest BCUT2D eigenvalue weighted by atomic mass is 9.97. The van der Waals surface area contributed by atoms with E-state index in [1.54, 1.807) is 19.1 Å². The van der Waals surface area contributed by atoms with Gasteiger partial charge in [-0.25, -0.2) is 0 Å². The number of carbonyl (C=O) groups excluding carboxylic acids is 2. The molecule has 0 aromatic rings. The summed E-state index contributed by atoms with van der Waals surface area (Å²) in [4.78, 5) is 22.3. The smallest absolute Gasteiger partial charge is 0.182 e. The molecule has 1 aliphatic rings. The van der Waals surface area contributed by atoms with Gasteiger partial charge in [-0.1, -0.05) is 19.6 Å². The number of hydrogen-bond donors (Lipinski definition) is 0. The molecule has 0 aromatic heterocycles. The molecule has 0 saturated carbocycles. The average Bonchev–Trinajstić information content (AvgIpc) is 2.11. The van der Waals surface area contributed by atoms with Crippen molar-refractivity contribution in [2.24, 2.45) is 0 Å². The van der Waals surface area contributed by atoms with E-state index in [1.807, 2.05) is 0 Å². The van der Waals surface area contributed by atoms with E-state index in [1.165, 1.54) is 6.08 Å². The second-order valence-electron chi connectivity index (χ2n) is 3.01. The fraction of sp³-hybridized carbons (Fsp3) is 0.273. The Morgan fingerprint density at radius 2 is 2.15 bits per heavy atom. The van der Waals surface area contributed by atoms with Crippen molar-refractivity contribution in [3.63, 3.8) is 0 Å². The Balaban J connectivity index is 2.74. The molecule has 68 valence electrons. The number of allylic oxidation sites excluding steroid dienone is 5. The zero-order valence-corrected chi connectivity index (χ0v) is 7.67. The maximum absolute atomic E-state index is 11.2. The quantitative estimate of drug-likeness (QED) is 0.658. The van der Waals surface area contributed by atoms with Gasteiger partial charge in [-0.15, -0.1) is 0 Å². The first kappa shape index (κ1) is 9.65. The highest BCUT2D eigenvalue weighted by molar-refractivity contribution is 6.08. The third-order valence-electron chi connectivity index (χ3n) is 1.91. The molecule has 0 aliphatic heterocycles. The Kier molecular flexibility index (Phi) is 2.96. The predicted octanol–water partition coefficient (Wildman–Crippen LogP) is 1.98. The minimum atomic E-state index is -0.0748. The summed E-state index contributed by atoms with van der Waals surface area (Å²) >= 11 is 0. The summed E-state index contributed by atoms with van der Waals surface area (Å²) in [6.45, 7) is 5.50. The summed E-state index contributed by atoms with van der Waals surface area (Å²) in [6.07, 6.45) is 5.50. The van der Waals surface area contributed by atoms with Crippen molar-refractivity contribution in [2.45, 2.75) is 19.8 Å². The molecule has 0 spiro atoms. The molecule has 13 heavy (non-hydrogen) atoms. The minimum Gasteiger partial charge on any atom is -0.299 e. The standard InChI is InChI=1S/C11H12O2/c1-3-10(12)7-9-6-8(2)4-5-11(9)13/h4-6H,2-3,7H2,1H3. The monoisotopic (exact) mass is 176 g/mol. The fourth-order valence-electron chi connectivity index (χ4n) is 1.11. The second-order valence-corrected chi connectivity index (χ2v) is 3.01. The number of ketones is 2. The largest absolute Gasteiger partial charge is 0.299 e. The molecule has 0 atom stereocenters. The normalized spacial score (nSPS) is 15.9. The Morgan fingerprint density at radius 3 is 2.77 bits per heavy atom.